The van der Waals surface area contributed by atoms with Crippen molar-refractivity contribution in [2.45, 2.75) is 12.3 Å². The fourth-order valence-electron chi connectivity index (χ4n) is 2.63. The summed E-state index contributed by atoms with van der Waals surface area (Å²) in [5.74, 6) is 1.32. The van der Waals surface area contributed by atoms with Gasteiger partial charge in [0.25, 0.3) is 0 Å². The first kappa shape index (κ1) is 13.4. The molecule has 0 spiro atoms. The lowest BCUT2D eigenvalue weighted by Gasteiger charge is -2.17. The molecule has 1 fully saturated rings. The minimum Gasteiger partial charge on any atom is -0.409 e. The average Bonchev–Trinajstić information content (AvgIpc) is 3.05. The largest absolute Gasteiger partial charge is 0.409 e. The molecule has 1 aromatic heterocycles. The second-order valence-electron chi connectivity index (χ2n) is 5.09. The number of benzene rings is 1. The lowest BCUT2D eigenvalue weighted by atomic mass is 9.99. The van der Waals surface area contributed by atoms with Crippen LogP contribution in [0.1, 0.15) is 23.6 Å². The molecule has 0 bridgehead atoms. The molecule has 2 aromatic rings. The van der Waals surface area contributed by atoms with Crippen molar-refractivity contribution in [3.8, 4) is 0 Å². The summed E-state index contributed by atoms with van der Waals surface area (Å²) >= 11 is 0. The first-order chi connectivity index (χ1) is 10.3. The van der Waals surface area contributed by atoms with Crippen LogP contribution in [0.25, 0.3) is 0 Å². The summed E-state index contributed by atoms with van der Waals surface area (Å²) < 4.78 is 0. The van der Waals surface area contributed by atoms with Crippen molar-refractivity contribution < 1.29 is 5.21 Å². The molecule has 3 N–H and O–H groups in total. The van der Waals surface area contributed by atoms with Gasteiger partial charge in [-0.05, 0) is 12.0 Å². The Bertz CT molecular complexity index is 626. The molecule has 0 amide bonds. The fraction of sp³-hybridized carbons (Fsp3) is 0.267. The Hall–Kier alpha value is -2.63. The minimum absolute atomic E-state index is 0.0300. The van der Waals surface area contributed by atoms with Crippen LogP contribution in [-0.2, 0) is 0 Å². The number of aromatic nitrogens is 2. The van der Waals surface area contributed by atoms with Gasteiger partial charge in [-0.25, -0.2) is 9.97 Å². The Morgan fingerprint density at radius 3 is 2.71 bits per heavy atom. The third kappa shape index (κ3) is 2.79. The minimum atomic E-state index is -0.0300. The highest BCUT2D eigenvalue weighted by atomic mass is 16.4. The van der Waals surface area contributed by atoms with E-state index >= 15 is 0 Å². The molecule has 6 heteroatoms. The number of rotatable bonds is 3. The predicted octanol–water partition coefficient (Wildman–Crippen LogP) is 1.56. The molecular formula is C15H17N5O. The zero-order valence-corrected chi connectivity index (χ0v) is 11.6. The molecule has 6 nitrogen and oxygen atoms in total. The van der Waals surface area contributed by atoms with Crippen LogP contribution in [-0.4, -0.2) is 34.1 Å². The fourth-order valence-corrected chi connectivity index (χ4v) is 2.63. The van der Waals surface area contributed by atoms with Gasteiger partial charge in [-0.2, -0.15) is 0 Å². The number of hydrogen-bond acceptors (Lipinski definition) is 5. The smallest absolute Gasteiger partial charge is 0.190 e. The number of nitrogens with zero attached hydrogens (tertiary/aromatic N) is 4. The second-order valence-corrected chi connectivity index (χ2v) is 5.09. The summed E-state index contributed by atoms with van der Waals surface area (Å²) in [6.07, 6.45) is 4.30. The van der Waals surface area contributed by atoms with Crippen molar-refractivity contribution in [3.05, 3.63) is 54.0 Å². The van der Waals surface area contributed by atoms with Gasteiger partial charge in [0.05, 0.1) is 12.4 Å². The maximum absolute atomic E-state index is 8.61. The standard InChI is InChI=1S/C15H17N5O/c16-15(19-21)13-8-18-14(9-17-13)20-7-6-12(10-20)11-4-2-1-3-5-11/h1-5,8-9,12,21H,6-7,10H2,(H2,16,19). The van der Waals surface area contributed by atoms with Crippen molar-refractivity contribution in [1.82, 2.24) is 9.97 Å². The molecule has 1 aliphatic rings. The summed E-state index contributed by atoms with van der Waals surface area (Å²) in [4.78, 5) is 10.7. The van der Waals surface area contributed by atoms with E-state index in [0.717, 1.165) is 25.3 Å². The van der Waals surface area contributed by atoms with Crippen LogP contribution >= 0.6 is 0 Å². The van der Waals surface area contributed by atoms with E-state index in [2.05, 4.69) is 44.3 Å². The van der Waals surface area contributed by atoms with Crippen molar-refractivity contribution in [2.75, 3.05) is 18.0 Å². The van der Waals surface area contributed by atoms with Crippen LogP contribution in [0.2, 0.25) is 0 Å². The molecule has 2 heterocycles. The van der Waals surface area contributed by atoms with Crippen molar-refractivity contribution in [1.29, 1.82) is 0 Å². The van der Waals surface area contributed by atoms with E-state index in [1.165, 1.54) is 11.8 Å². The summed E-state index contributed by atoms with van der Waals surface area (Å²) in [5, 5.41) is 11.5. The van der Waals surface area contributed by atoms with E-state index in [1.807, 2.05) is 6.07 Å². The summed E-state index contributed by atoms with van der Waals surface area (Å²) in [5.41, 5.74) is 7.22. The molecule has 1 unspecified atom stereocenters. The molecule has 1 aromatic carbocycles. The molecule has 1 atom stereocenters. The quantitative estimate of drug-likeness (QED) is 0.386. The van der Waals surface area contributed by atoms with E-state index in [0.29, 0.717) is 11.6 Å². The number of hydrogen-bond donors (Lipinski definition) is 2. The van der Waals surface area contributed by atoms with Crippen LogP contribution in [0, 0.1) is 0 Å². The Kier molecular flexibility index (Phi) is 3.68. The molecule has 1 aliphatic heterocycles. The average molecular weight is 283 g/mol. The zero-order valence-electron chi connectivity index (χ0n) is 11.6. The Balaban J connectivity index is 1.72. The summed E-state index contributed by atoms with van der Waals surface area (Å²) in [7, 11) is 0. The third-order valence-electron chi connectivity index (χ3n) is 3.79. The maximum atomic E-state index is 8.61. The first-order valence-electron chi connectivity index (χ1n) is 6.88. The predicted molar refractivity (Wildman–Crippen MR) is 80.6 cm³/mol. The van der Waals surface area contributed by atoms with E-state index in [4.69, 9.17) is 10.9 Å². The van der Waals surface area contributed by atoms with Crippen LogP contribution in [0.4, 0.5) is 5.82 Å². The molecule has 108 valence electrons. The third-order valence-corrected chi connectivity index (χ3v) is 3.79. The molecule has 21 heavy (non-hydrogen) atoms. The molecular weight excluding hydrogens is 266 g/mol. The van der Waals surface area contributed by atoms with E-state index in [-0.39, 0.29) is 5.84 Å². The van der Waals surface area contributed by atoms with Gasteiger partial charge in [-0.1, -0.05) is 35.5 Å². The summed E-state index contributed by atoms with van der Waals surface area (Å²) in [6.45, 7) is 1.89. The summed E-state index contributed by atoms with van der Waals surface area (Å²) in [6, 6.07) is 10.5. The van der Waals surface area contributed by atoms with Crippen LogP contribution in [0.5, 0.6) is 0 Å². The van der Waals surface area contributed by atoms with Gasteiger partial charge in [-0.3, -0.25) is 0 Å². The van der Waals surface area contributed by atoms with Gasteiger partial charge in [0.2, 0.25) is 0 Å². The molecule has 0 saturated carbocycles. The van der Waals surface area contributed by atoms with Crippen molar-refractivity contribution in [2.24, 2.45) is 10.9 Å². The molecule has 1 saturated heterocycles. The highest BCUT2D eigenvalue weighted by Crippen LogP contribution is 2.29. The SMILES string of the molecule is NC(=NO)c1cnc(N2CCC(c3ccccc3)C2)cn1. The van der Waals surface area contributed by atoms with E-state index < -0.39 is 0 Å². The normalized spacial score (nSPS) is 19.0. The Labute approximate surface area is 122 Å². The highest BCUT2D eigenvalue weighted by molar-refractivity contribution is 5.94. The van der Waals surface area contributed by atoms with Gasteiger partial charge < -0.3 is 15.8 Å². The lowest BCUT2D eigenvalue weighted by Crippen LogP contribution is -2.22. The number of nitrogens with two attached hydrogens (primary N) is 1. The number of oxime groups is 1. The van der Waals surface area contributed by atoms with Gasteiger partial charge in [0.15, 0.2) is 5.84 Å². The molecule has 3 rings (SSSR count). The van der Waals surface area contributed by atoms with Crippen molar-refractivity contribution >= 4 is 11.7 Å². The van der Waals surface area contributed by atoms with E-state index in [9.17, 15) is 0 Å². The molecule has 0 aliphatic carbocycles. The van der Waals surface area contributed by atoms with Crippen LogP contribution in [0.15, 0.2) is 47.9 Å². The van der Waals surface area contributed by atoms with Gasteiger partial charge in [0.1, 0.15) is 11.5 Å². The second kappa shape index (κ2) is 5.78. The van der Waals surface area contributed by atoms with Gasteiger partial charge >= 0.3 is 0 Å². The highest BCUT2D eigenvalue weighted by Gasteiger charge is 2.24. The van der Waals surface area contributed by atoms with Crippen LogP contribution < -0.4 is 10.6 Å². The van der Waals surface area contributed by atoms with Crippen molar-refractivity contribution in [3.63, 3.8) is 0 Å². The number of amidine groups is 1. The first-order valence-corrected chi connectivity index (χ1v) is 6.88. The zero-order chi connectivity index (χ0) is 14.7. The number of anilines is 1. The van der Waals surface area contributed by atoms with Gasteiger partial charge in [-0.15, -0.1) is 0 Å². The van der Waals surface area contributed by atoms with Gasteiger partial charge in [0, 0.05) is 19.0 Å². The topological polar surface area (TPSA) is 87.6 Å². The lowest BCUT2D eigenvalue weighted by molar-refractivity contribution is 0.318. The maximum Gasteiger partial charge on any atom is 0.190 e. The Morgan fingerprint density at radius 1 is 1.24 bits per heavy atom. The monoisotopic (exact) mass is 283 g/mol. The Morgan fingerprint density at radius 2 is 2.05 bits per heavy atom. The van der Waals surface area contributed by atoms with E-state index in [1.54, 1.807) is 6.20 Å². The molecule has 0 radical (unpaired) electrons. The van der Waals surface area contributed by atoms with Crippen LogP contribution in [0.3, 0.4) is 0 Å².